The first kappa shape index (κ1) is 15.8. The first-order chi connectivity index (χ1) is 11.3. The van der Waals surface area contributed by atoms with Gasteiger partial charge in [0.2, 0.25) is 0 Å². The van der Waals surface area contributed by atoms with Crippen LogP contribution in [0, 0.1) is 0 Å². The van der Waals surface area contributed by atoms with Crippen molar-refractivity contribution in [2.75, 3.05) is 20.8 Å². The lowest BCUT2D eigenvalue weighted by Gasteiger charge is -2.13. The van der Waals surface area contributed by atoms with Crippen LogP contribution in [0.25, 0.3) is 0 Å². The van der Waals surface area contributed by atoms with E-state index in [2.05, 4.69) is 6.07 Å². The topological polar surface area (TPSA) is 36.9 Å². The summed E-state index contributed by atoms with van der Waals surface area (Å²) in [6, 6.07) is 16.1. The highest BCUT2D eigenvalue weighted by molar-refractivity contribution is 5.42. The number of ether oxygens (including phenoxy) is 4. The van der Waals surface area contributed by atoms with Crippen LogP contribution in [0.1, 0.15) is 23.8 Å². The van der Waals surface area contributed by atoms with Crippen molar-refractivity contribution in [2.45, 2.75) is 25.2 Å². The molecule has 0 aliphatic carbocycles. The van der Waals surface area contributed by atoms with E-state index in [1.165, 1.54) is 5.56 Å². The molecule has 1 aliphatic heterocycles. The van der Waals surface area contributed by atoms with Gasteiger partial charge < -0.3 is 18.9 Å². The van der Waals surface area contributed by atoms with Gasteiger partial charge in [-0.2, -0.15) is 0 Å². The molecule has 2 aromatic carbocycles. The van der Waals surface area contributed by atoms with Crippen LogP contribution in [0.15, 0.2) is 48.5 Å². The second kappa shape index (κ2) is 7.49. The Kier molecular flexibility index (Phi) is 5.16. The molecule has 1 aliphatic rings. The molecular weight excluding hydrogens is 292 g/mol. The molecule has 1 heterocycles. The minimum absolute atomic E-state index is 0.119. The van der Waals surface area contributed by atoms with E-state index in [4.69, 9.17) is 18.9 Å². The highest BCUT2D eigenvalue weighted by Gasteiger charge is 2.26. The number of rotatable bonds is 6. The summed E-state index contributed by atoms with van der Waals surface area (Å²) >= 11 is 0. The van der Waals surface area contributed by atoms with E-state index < -0.39 is 0 Å². The second-order valence-electron chi connectivity index (χ2n) is 5.56. The van der Waals surface area contributed by atoms with Crippen LogP contribution >= 0.6 is 0 Å². The Labute approximate surface area is 136 Å². The number of hydrogen-bond acceptors (Lipinski definition) is 4. The summed E-state index contributed by atoms with van der Waals surface area (Å²) in [5, 5.41) is 0. The average molecular weight is 314 g/mol. The van der Waals surface area contributed by atoms with Gasteiger partial charge in [-0.3, -0.25) is 0 Å². The lowest BCUT2D eigenvalue weighted by Crippen LogP contribution is -2.11. The number of benzene rings is 2. The Bertz CT molecular complexity index is 627. The molecular formula is C19H22O4. The minimum Gasteiger partial charge on any atom is -0.493 e. The molecule has 1 fully saturated rings. The van der Waals surface area contributed by atoms with Crippen LogP contribution in [-0.2, 0) is 15.9 Å². The Hall–Kier alpha value is -2.04. The van der Waals surface area contributed by atoms with E-state index >= 15 is 0 Å². The maximum atomic E-state index is 5.99. The lowest BCUT2D eigenvalue weighted by atomic mass is 10.1. The van der Waals surface area contributed by atoms with E-state index in [-0.39, 0.29) is 12.4 Å². The van der Waals surface area contributed by atoms with Gasteiger partial charge in [0.25, 0.3) is 0 Å². The molecule has 122 valence electrons. The summed E-state index contributed by atoms with van der Waals surface area (Å²) < 4.78 is 22.4. The van der Waals surface area contributed by atoms with Gasteiger partial charge in [0.05, 0.1) is 26.9 Å². The predicted molar refractivity (Wildman–Crippen MR) is 87.9 cm³/mol. The Morgan fingerprint density at radius 1 is 1.00 bits per heavy atom. The van der Waals surface area contributed by atoms with Crippen molar-refractivity contribution in [3.05, 3.63) is 59.7 Å². The largest absolute Gasteiger partial charge is 0.493 e. The van der Waals surface area contributed by atoms with Crippen molar-refractivity contribution >= 4 is 0 Å². The molecule has 0 radical (unpaired) electrons. The molecule has 2 aromatic rings. The first-order valence-electron chi connectivity index (χ1n) is 7.83. The zero-order valence-corrected chi connectivity index (χ0v) is 13.5. The molecule has 3 rings (SSSR count). The Morgan fingerprint density at radius 2 is 1.78 bits per heavy atom. The molecule has 0 bridgehead atoms. The zero-order chi connectivity index (χ0) is 16.1. The lowest BCUT2D eigenvalue weighted by molar-refractivity contribution is -0.0610. The fourth-order valence-electron chi connectivity index (χ4n) is 2.75. The van der Waals surface area contributed by atoms with Crippen molar-refractivity contribution < 1.29 is 18.9 Å². The minimum atomic E-state index is -0.244. The first-order valence-corrected chi connectivity index (χ1v) is 7.83. The van der Waals surface area contributed by atoms with Crippen LogP contribution in [-0.4, -0.2) is 26.9 Å². The Morgan fingerprint density at radius 3 is 2.52 bits per heavy atom. The molecule has 0 N–H and O–H groups in total. The van der Waals surface area contributed by atoms with Gasteiger partial charge >= 0.3 is 0 Å². The third-order valence-electron chi connectivity index (χ3n) is 4.02. The molecule has 0 saturated carbocycles. The van der Waals surface area contributed by atoms with E-state index in [1.807, 2.05) is 42.5 Å². The number of hydrogen-bond donors (Lipinski definition) is 0. The van der Waals surface area contributed by atoms with Gasteiger partial charge in [-0.1, -0.05) is 36.4 Å². The molecule has 0 spiro atoms. The third kappa shape index (κ3) is 3.84. The van der Waals surface area contributed by atoms with Crippen LogP contribution in [0.3, 0.4) is 0 Å². The highest BCUT2D eigenvalue weighted by Crippen LogP contribution is 2.31. The summed E-state index contributed by atoms with van der Waals surface area (Å²) in [5.74, 6) is 1.51. The average Bonchev–Trinajstić information content (AvgIpc) is 3.09. The summed E-state index contributed by atoms with van der Waals surface area (Å²) in [5.41, 5.74) is 2.27. The van der Waals surface area contributed by atoms with Gasteiger partial charge in [-0.05, 0) is 30.5 Å². The number of aryl methyl sites for hydroxylation is 1. The molecule has 2 atom stereocenters. The van der Waals surface area contributed by atoms with Crippen molar-refractivity contribution in [3.8, 4) is 11.5 Å². The Balaban J connectivity index is 1.55. The molecule has 1 saturated heterocycles. The second-order valence-corrected chi connectivity index (χ2v) is 5.56. The molecule has 2 unspecified atom stereocenters. The monoisotopic (exact) mass is 314 g/mol. The summed E-state index contributed by atoms with van der Waals surface area (Å²) in [6.07, 6.45) is 1.70. The van der Waals surface area contributed by atoms with Crippen molar-refractivity contribution in [1.29, 1.82) is 0 Å². The summed E-state index contributed by atoms with van der Waals surface area (Å²) in [7, 11) is 3.30. The standard InChI is InChI=1S/C19H22O4/c1-20-17-11-9-14(12-18(17)21-2)8-10-16-13-22-19(23-16)15-6-4-3-5-7-15/h3-7,9,11-12,16,19H,8,10,13H2,1-2H3. The number of methoxy groups -OCH3 is 2. The van der Waals surface area contributed by atoms with E-state index in [9.17, 15) is 0 Å². The van der Waals surface area contributed by atoms with Crippen LogP contribution in [0.4, 0.5) is 0 Å². The normalized spacial score (nSPS) is 20.4. The maximum Gasteiger partial charge on any atom is 0.184 e. The SMILES string of the molecule is COc1ccc(CCC2COC(c3ccccc3)O2)cc1OC. The molecule has 0 aromatic heterocycles. The summed E-state index contributed by atoms with van der Waals surface area (Å²) in [6.45, 7) is 0.632. The van der Waals surface area contributed by atoms with Gasteiger partial charge in [-0.15, -0.1) is 0 Å². The fraction of sp³-hybridized carbons (Fsp3) is 0.368. The van der Waals surface area contributed by atoms with E-state index in [0.717, 1.165) is 29.9 Å². The zero-order valence-electron chi connectivity index (χ0n) is 13.5. The van der Waals surface area contributed by atoms with Crippen molar-refractivity contribution in [1.82, 2.24) is 0 Å². The van der Waals surface area contributed by atoms with Crippen molar-refractivity contribution in [2.24, 2.45) is 0 Å². The van der Waals surface area contributed by atoms with Crippen LogP contribution < -0.4 is 9.47 Å². The van der Waals surface area contributed by atoms with Crippen molar-refractivity contribution in [3.63, 3.8) is 0 Å². The fourth-order valence-corrected chi connectivity index (χ4v) is 2.75. The van der Waals surface area contributed by atoms with Gasteiger partial charge in [-0.25, -0.2) is 0 Å². The molecule has 23 heavy (non-hydrogen) atoms. The highest BCUT2D eigenvalue weighted by atomic mass is 16.7. The van der Waals surface area contributed by atoms with Gasteiger partial charge in [0.1, 0.15) is 0 Å². The smallest absolute Gasteiger partial charge is 0.184 e. The molecule has 4 heteroatoms. The molecule has 0 amide bonds. The quantitative estimate of drug-likeness (QED) is 0.814. The van der Waals surface area contributed by atoms with Gasteiger partial charge in [0, 0.05) is 5.56 Å². The van der Waals surface area contributed by atoms with Gasteiger partial charge in [0.15, 0.2) is 17.8 Å². The summed E-state index contributed by atoms with van der Waals surface area (Å²) in [4.78, 5) is 0. The predicted octanol–water partition coefficient (Wildman–Crippen LogP) is 3.75. The molecule has 4 nitrogen and oxygen atoms in total. The van der Waals surface area contributed by atoms with E-state index in [0.29, 0.717) is 6.61 Å². The van der Waals surface area contributed by atoms with Crippen LogP contribution in [0.5, 0.6) is 11.5 Å². The van der Waals surface area contributed by atoms with Crippen LogP contribution in [0.2, 0.25) is 0 Å². The third-order valence-corrected chi connectivity index (χ3v) is 4.02. The maximum absolute atomic E-state index is 5.99. The van der Waals surface area contributed by atoms with E-state index in [1.54, 1.807) is 14.2 Å².